The van der Waals surface area contributed by atoms with Gasteiger partial charge in [0.15, 0.2) is 0 Å². The summed E-state index contributed by atoms with van der Waals surface area (Å²) in [6, 6.07) is 6.88. The number of fused-ring (bicyclic) bond motifs is 1. The van der Waals surface area contributed by atoms with Crippen molar-refractivity contribution in [3.8, 4) is 0 Å². The van der Waals surface area contributed by atoms with Gasteiger partial charge in [0.1, 0.15) is 16.5 Å². The van der Waals surface area contributed by atoms with Crippen molar-refractivity contribution in [1.82, 2.24) is 20.2 Å². The van der Waals surface area contributed by atoms with Gasteiger partial charge in [-0.1, -0.05) is 12.1 Å². The van der Waals surface area contributed by atoms with Crippen molar-refractivity contribution in [3.05, 3.63) is 57.6 Å². The van der Waals surface area contributed by atoms with Crippen molar-refractivity contribution in [2.24, 2.45) is 0 Å². The minimum Gasteiger partial charge on any atom is -0.349 e. The van der Waals surface area contributed by atoms with Crippen LogP contribution in [-0.4, -0.2) is 39.9 Å². The first-order chi connectivity index (χ1) is 15.0. The van der Waals surface area contributed by atoms with Gasteiger partial charge in [-0.25, -0.2) is 14.4 Å². The number of thiophene rings is 1. The molecule has 2 aliphatic rings. The third kappa shape index (κ3) is 4.34. The predicted molar refractivity (Wildman–Crippen MR) is 121 cm³/mol. The Hall–Kier alpha value is -2.38. The number of hydrogen-bond donors (Lipinski definition) is 1. The molecule has 1 saturated heterocycles. The van der Waals surface area contributed by atoms with Crippen LogP contribution in [0.1, 0.15) is 63.9 Å². The van der Waals surface area contributed by atoms with Crippen molar-refractivity contribution >= 4 is 27.5 Å². The maximum Gasteiger partial charge on any atom is 0.261 e. The molecule has 1 aromatic carbocycles. The van der Waals surface area contributed by atoms with E-state index >= 15 is 0 Å². The number of rotatable bonds is 5. The molecule has 0 bridgehead atoms. The second kappa shape index (κ2) is 8.28. The Morgan fingerprint density at radius 1 is 1.13 bits per heavy atom. The predicted octanol–water partition coefficient (Wildman–Crippen LogP) is 4.72. The highest BCUT2D eigenvalue weighted by atomic mass is 32.1. The van der Waals surface area contributed by atoms with Gasteiger partial charge in [0.2, 0.25) is 0 Å². The quantitative estimate of drug-likeness (QED) is 0.626. The molecule has 0 atom stereocenters. The van der Waals surface area contributed by atoms with Gasteiger partial charge in [-0.15, -0.1) is 11.3 Å². The molecule has 5 rings (SSSR count). The first-order valence-corrected chi connectivity index (χ1v) is 11.8. The van der Waals surface area contributed by atoms with E-state index in [2.05, 4.69) is 10.2 Å². The number of piperidine rings is 1. The van der Waals surface area contributed by atoms with Crippen molar-refractivity contribution in [2.75, 3.05) is 13.1 Å². The lowest BCUT2D eigenvalue weighted by molar-refractivity contribution is 0.0912. The van der Waals surface area contributed by atoms with E-state index in [1.807, 2.05) is 26.0 Å². The molecule has 31 heavy (non-hydrogen) atoms. The Kier molecular flexibility index (Phi) is 5.48. The molecule has 7 heteroatoms. The van der Waals surface area contributed by atoms with E-state index in [1.54, 1.807) is 0 Å². The molecule has 5 nitrogen and oxygen atoms in total. The highest BCUT2D eigenvalue weighted by molar-refractivity contribution is 7.20. The number of nitrogens with one attached hydrogen (secondary N) is 1. The van der Waals surface area contributed by atoms with Gasteiger partial charge in [-0.2, -0.15) is 0 Å². The van der Waals surface area contributed by atoms with E-state index in [-0.39, 0.29) is 17.8 Å². The van der Waals surface area contributed by atoms with E-state index in [0.717, 1.165) is 70.2 Å². The average molecular weight is 439 g/mol. The smallest absolute Gasteiger partial charge is 0.261 e. The molecule has 0 unspecified atom stereocenters. The Bertz CT molecular complexity index is 1110. The zero-order chi connectivity index (χ0) is 21.5. The fraction of sp³-hybridized carbons (Fsp3) is 0.458. The third-order valence-electron chi connectivity index (χ3n) is 6.38. The number of benzene rings is 1. The van der Waals surface area contributed by atoms with Gasteiger partial charge >= 0.3 is 0 Å². The van der Waals surface area contributed by atoms with Crippen LogP contribution in [0, 0.1) is 19.7 Å². The summed E-state index contributed by atoms with van der Waals surface area (Å²) < 4.78 is 13.1. The number of aryl methyl sites for hydroxylation is 2. The fourth-order valence-electron chi connectivity index (χ4n) is 4.43. The zero-order valence-corrected chi connectivity index (χ0v) is 18.8. The topological polar surface area (TPSA) is 58.1 Å². The monoisotopic (exact) mass is 438 g/mol. The van der Waals surface area contributed by atoms with E-state index in [0.29, 0.717) is 5.92 Å². The van der Waals surface area contributed by atoms with Crippen molar-refractivity contribution in [3.63, 3.8) is 0 Å². The van der Waals surface area contributed by atoms with Crippen LogP contribution < -0.4 is 5.32 Å². The lowest BCUT2D eigenvalue weighted by Crippen LogP contribution is -2.44. The van der Waals surface area contributed by atoms with Gasteiger partial charge in [0, 0.05) is 37.0 Å². The van der Waals surface area contributed by atoms with Crippen LogP contribution in [0.2, 0.25) is 0 Å². The number of halogens is 1. The van der Waals surface area contributed by atoms with E-state index in [4.69, 9.17) is 9.97 Å². The highest BCUT2D eigenvalue weighted by Crippen LogP contribution is 2.40. The zero-order valence-electron chi connectivity index (χ0n) is 17.9. The first-order valence-electron chi connectivity index (χ1n) is 11.0. The van der Waals surface area contributed by atoms with Crippen LogP contribution in [0.15, 0.2) is 24.3 Å². The molecule has 2 fully saturated rings. The maximum atomic E-state index is 13.1. The SMILES string of the molecule is Cc1nc(C2CC2)nc2sc(C(=O)NC3CCN(Cc4ccc(F)cc4)CC3)c(C)c12. The van der Waals surface area contributed by atoms with Crippen molar-refractivity contribution < 1.29 is 9.18 Å². The third-order valence-corrected chi connectivity index (χ3v) is 7.56. The Morgan fingerprint density at radius 2 is 1.84 bits per heavy atom. The van der Waals surface area contributed by atoms with Crippen LogP contribution in [-0.2, 0) is 6.54 Å². The molecule has 1 aliphatic heterocycles. The second-order valence-electron chi connectivity index (χ2n) is 8.83. The highest BCUT2D eigenvalue weighted by Gasteiger charge is 2.29. The molecule has 1 N–H and O–H groups in total. The number of amides is 1. The van der Waals surface area contributed by atoms with E-state index < -0.39 is 0 Å². The Morgan fingerprint density at radius 3 is 2.52 bits per heavy atom. The first kappa shape index (κ1) is 20.5. The lowest BCUT2D eigenvalue weighted by atomic mass is 10.0. The summed E-state index contributed by atoms with van der Waals surface area (Å²) in [6.45, 7) is 6.68. The van der Waals surface area contributed by atoms with Crippen LogP contribution in [0.4, 0.5) is 4.39 Å². The number of carbonyl (C=O) groups is 1. The number of likely N-dealkylation sites (tertiary alicyclic amines) is 1. The Labute approximate surface area is 185 Å². The van der Waals surface area contributed by atoms with Gasteiger partial charge in [-0.05, 0) is 62.8 Å². The van der Waals surface area contributed by atoms with Crippen molar-refractivity contribution in [1.29, 1.82) is 0 Å². The summed E-state index contributed by atoms with van der Waals surface area (Å²) in [5.74, 6) is 1.24. The standard InChI is InChI=1S/C24H27FN4OS/c1-14-20-15(2)26-22(17-5-6-17)28-24(20)31-21(14)23(30)27-19-9-11-29(12-10-19)13-16-3-7-18(25)8-4-16/h3-4,7-8,17,19H,5-6,9-13H2,1-2H3,(H,27,30). The molecule has 2 aromatic heterocycles. The molecule has 0 radical (unpaired) electrons. The average Bonchev–Trinajstić information content (AvgIpc) is 3.54. The van der Waals surface area contributed by atoms with E-state index in [1.165, 1.54) is 36.3 Å². The van der Waals surface area contributed by atoms with Crippen molar-refractivity contribution in [2.45, 2.75) is 58.0 Å². The normalized spacial score (nSPS) is 17.9. The van der Waals surface area contributed by atoms with Gasteiger partial charge in [-0.3, -0.25) is 9.69 Å². The summed E-state index contributed by atoms with van der Waals surface area (Å²) in [5.41, 5.74) is 3.09. The maximum absolute atomic E-state index is 13.1. The minimum absolute atomic E-state index is 0.00450. The summed E-state index contributed by atoms with van der Waals surface area (Å²) in [4.78, 5) is 26.6. The number of aromatic nitrogens is 2. The number of carbonyl (C=O) groups excluding carboxylic acids is 1. The molecule has 1 aliphatic carbocycles. The molecular weight excluding hydrogens is 411 g/mol. The van der Waals surface area contributed by atoms with Gasteiger partial charge in [0.05, 0.1) is 10.6 Å². The fourth-order valence-corrected chi connectivity index (χ4v) is 5.58. The summed E-state index contributed by atoms with van der Waals surface area (Å²) in [5, 5.41) is 4.28. The lowest BCUT2D eigenvalue weighted by Gasteiger charge is -2.32. The van der Waals surface area contributed by atoms with Crippen LogP contribution in [0.3, 0.4) is 0 Å². The number of hydrogen-bond acceptors (Lipinski definition) is 5. The van der Waals surface area contributed by atoms with Crippen LogP contribution >= 0.6 is 11.3 Å². The summed E-state index contributed by atoms with van der Waals surface area (Å²) >= 11 is 1.49. The number of nitrogens with zero attached hydrogens (tertiary/aromatic N) is 3. The molecule has 3 heterocycles. The van der Waals surface area contributed by atoms with Gasteiger partial charge in [0.25, 0.3) is 5.91 Å². The molecular formula is C24H27FN4OS. The molecule has 3 aromatic rings. The largest absolute Gasteiger partial charge is 0.349 e. The second-order valence-corrected chi connectivity index (χ2v) is 9.83. The molecule has 1 saturated carbocycles. The molecule has 0 spiro atoms. The summed E-state index contributed by atoms with van der Waals surface area (Å²) in [7, 11) is 0. The van der Waals surface area contributed by atoms with Crippen LogP contribution in [0.25, 0.3) is 10.2 Å². The molecule has 1 amide bonds. The minimum atomic E-state index is -0.202. The summed E-state index contributed by atoms with van der Waals surface area (Å²) in [6.07, 6.45) is 4.17. The van der Waals surface area contributed by atoms with Crippen LogP contribution in [0.5, 0.6) is 0 Å². The molecule has 162 valence electrons. The van der Waals surface area contributed by atoms with Gasteiger partial charge < -0.3 is 5.32 Å². The van der Waals surface area contributed by atoms with E-state index in [9.17, 15) is 9.18 Å². The Balaban J connectivity index is 1.22.